The molecule has 20 heavy (non-hydrogen) atoms. The maximum Gasteiger partial charge on any atom is 0.406 e. The lowest BCUT2D eigenvalue weighted by atomic mass is 10.3. The minimum absolute atomic E-state index is 0.130. The minimum atomic E-state index is -4.52. The first-order valence-corrected chi connectivity index (χ1v) is 5.98. The Labute approximate surface area is 114 Å². The van der Waals surface area contributed by atoms with Gasteiger partial charge in [-0.15, -0.1) is 0 Å². The molecular formula is C11H18F3NO5. The molecule has 1 N–H and O–H groups in total. The number of hydrogen-bond acceptors (Lipinski definition) is 4. The number of amides is 1. The molecule has 0 atom stereocenters. The van der Waals surface area contributed by atoms with Crippen LogP contribution in [0.2, 0.25) is 0 Å². The van der Waals surface area contributed by atoms with Crippen molar-refractivity contribution in [1.29, 1.82) is 0 Å². The van der Waals surface area contributed by atoms with Crippen LogP contribution in [0.3, 0.4) is 0 Å². The summed E-state index contributed by atoms with van der Waals surface area (Å²) in [5.74, 6) is -2.20. The number of carbonyl (C=O) groups is 2. The van der Waals surface area contributed by atoms with Gasteiger partial charge in [-0.2, -0.15) is 13.2 Å². The van der Waals surface area contributed by atoms with Gasteiger partial charge in [-0.25, -0.2) is 4.79 Å². The van der Waals surface area contributed by atoms with Crippen LogP contribution in [0.5, 0.6) is 0 Å². The molecule has 0 unspecified atom stereocenters. The summed E-state index contributed by atoms with van der Waals surface area (Å²) in [6.45, 7) is -0.522. The standard InChI is InChI=1S/C11H18F3NO5/c1-2-19-5-3-4-15(8-11(12,13)14)9(16)6-20-7-10(17)18/h2-8H2,1H3,(H,17,18). The number of halogens is 3. The van der Waals surface area contributed by atoms with Gasteiger partial charge in [-0.3, -0.25) is 4.79 Å². The summed E-state index contributed by atoms with van der Waals surface area (Å²) in [4.78, 5) is 22.3. The van der Waals surface area contributed by atoms with Crippen molar-refractivity contribution in [3.8, 4) is 0 Å². The van der Waals surface area contributed by atoms with Crippen molar-refractivity contribution in [2.45, 2.75) is 19.5 Å². The number of carboxylic acid groups (broad SMARTS) is 1. The topological polar surface area (TPSA) is 76.1 Å². The zero-order valence-electron chi connectivity index (χ0n) is 11.1. The molecule has 1 amide bonds. The van der Waals surface area contributed by atoms with Crippen molar-refractivity contribution in [3.05, 3.63) is 0 Å². The van der Waals surface area contributed by atoms with E-state index in [1.54, 1.807) is 6.92 Å². The van der Waals surface area contributed by atoms with Crippen molar-refractivity contribution >= 4 is 11.9 Å². The second-order valence-electron chi connectivity index (χ2n) is 3.87. The predicted molar refractivity (Wildman–Crippen MR) is 62.2 cm³/mol. The molecule has 0 heterocycles. The molecule has 0 saturated carbocycles. The third-order valence-electron chi connectivity index (χ3n) is 2.09. The average Bonchev–Trinajstić information content (AvgIpc) is 2.31. The minimum Gasteiger partial charge on any atom is -0.480 e. The van der Waals surface area contributed by atoms with Gasteiger partial charge in [0, 0.05) is 19.8 Å². The number of rotatable bonds is 10. The van der Waals surface area contributed by atoms with Crippen molar-refractivity contribution < 1.29 is 37.3 Å². The Bertz CT molecular complexity index is 309. The molecule has 0 aliphatic heterocycles. The van der Waals surface area contributed by atoms with Crippen molar-refractivity contribution in [1.82, 2.24) is 4.90 Å². The van der Waals surface area contributed by atoms with Crippen molar-refractivity contribution in [2.75, 3.05) is 39.5 Å². The summed E-state index contributed by atoms with van der Waals surface area (Å²) in [7, 11) is 0. The Morgan fingerprint density at radius 3 is 2.35 bits per heavy atom. The van der Waals surface area contributed by atoms with Gasteiger partial charge in [-0.05, 0) is 13.3 Å². The Balaban J connectivity index is 4.27. The summed E-state index contributed by atoms with van der Waals surface area (Å²) in [5, 5.41) is 8.31. The number of carbonyl (C=O) groups excluding carboxylic acids is 1. The van der Waals surface area contributed by atoms with E-state index in [-0.39, 0.29) is 19.6 Å². The lowest BCUT2D eigenvalue weighted by molar-refractivity contribution is -0.165. The Kier molecular flexibility index (Phi) is 8.89. The van der Waals surface area contributed by atoms with E-state index in [4.69, 9.17) is 9.84 Å². The van der Waals surface area contributed by atoms with Crippen LogP contribution >= 0.6 is 0 Å². The van der Waals surface area contributed by atoms with E-state index in [0.29, 0.717) is 11.5 Å². The van der Waals surface area contributed by atoms with Gasteiger partial charge in [-0.1, -0.05) is 0 Å². The Morgan fingerprint density at radius 2 is 1.85 bits per heavy atom. The first-order chi connectivity index (χ1) is 9.26. The highest BCUT2D eigenvalue weighted by Crippen LogP contribution is 2.16. The molecule has 0 aromatic heterocycles. The third-order valence-corrected chi connectivity index (χ3v) is 2.09. The molecule has 118 valence electrons. The lowest BCUT2D eigenvalue weighted by Crippen LogP contribution is -2.42. The maximum absolute atomic E-state index is 12.3. The van der Waals surface area contributed by atoms with E-state index < -0.39 is 37.8 Å². The molecule has 0 aliphatic rings. The molecule has 0 bridgehead atoms. The molecule has 6 nitrogen and oxygen atoms in total. The number of hydrogen-bond donors (Lipinski definition) is 1. The van der Waals surface area contributed by atoms with E-state index in [1.807, 2.05) is 0 Å². The monoisotopic (exact) mass is 301 g/mol. The third kappa shape index (κ3) is 10.6. The summed E-state index contributed by atoms with van der Waals surface area (Å²) < 4.78 is 46.5. The average molecular weight is 301 g/mol. The van der Waals surface area contributed by atoms with Crippen molar-refractivity contribution in [2.24, 2.45) is 0 Å². The smallest absolute Gasteiger partial charge is 0.406 e. The zero-order valence-corrected chi connectivity index (χ0v) is 11.1. The van der Waals surface area contributed by atoms with Crippen LogP contribution in [0.1, 0.15) is 13.3 Å². The molecule has 0 saturated heterocycles. The van der Waals surface area contributed by atoms with Gasteiger partial charge in [0.2, 0.25) is 5.91 Å². The second-order valence-corrected chi connectivity index (χ2v) is 3.87. The highest BCUT2D eigenvalue weighted by Gasteiger charge is 2.32. The van der Waals surface area contributed by atoms with Gasteiger partial charge in [0.15, 0.2) is 0 Å². The molecule has 0 rings (SSSR count). The van der Waals surface area contributed by atoms with Gasteiger partial charge >= 0.3 is 12.1 Å². The van der Waals surface area contributed by atoms with Crippen LogP contribution < -0.4 is 0 Å². The van der Waals surface area contributed by atoms with E-state index in [2.05, 4.69) is 4.74 Å². The maximum atomic E-state index is 12.3. The van der Waals surface area contributed by atoms with Gasteiger partial charge < -0.3 is 19.5 Å². The van der Waals surface area contributed by atoms with E-state index >= 15 is 0 Å². The van der Waals surface area contributed by atoms with Crippen LogP contribution in [-0.4, -0.2) is 67.6 Å². The lowest BCUT2D eigenvalue weighted by Gasteiger charge is -2.23. The van der Waals surface area contributed by atoms with E-state index in [9.17, 15) is 22.8 Å². The van der Waals surface area contributed by atoms with Crippen LogP contribution in [-0.2, 0) is 19.1 Å². The largest absolute Gasteiger partial charge is 0.480 e. The number of nitrogens with zero attached hydrogens (tertiary/aromatic N) is 1. The van der Waals surface area contributed by atoms with Crippen LogP contribution in [0.25, 0.3) is 0 Å². The van der Waals surface area contributed by atoms with Gasteiger partial charge in [0.05, 0.1) is 0 Å². The fourth-order valence-electron chi connectivity index (χ4n) is 1.33. The quantitative estimate of drug-likeness (QED) is 0.607. The highest BCUT2D eigenvalue weighted by atomic mass is 19.4. The van der Waals surface area contributed by atoms with E-state index in [0.717, 1.165) is 0 Å². The number of ether oxygens (including phenoxy) is 2. The predicted octanol–water partition coefficient (Wildman–Crippen LogP) is 0.905. The first-order valence-electron chi connectivity index (χ1n) is 5.98. The summed E-state index contributed by atoms with van der Waals surface area (Å²) >= 11 is 0. The summed E-state index contributed by atoms with van der Waals surface area (Å²) in [5.41, 5.74) is 0. The zero-order chi connectivity index (χ0) is 15.6. The normalized spacial score (nSPS) is 11.4. The number of alkyl halides is 3. The van der Waals surface area contributed by atoms with Crippen molar-refractivity contribution in [3.63, 3.8) is 0 Å². The van der Waals surface area contributed by atoms with Crippen LogP contribution in [0, 0.1) is 0 Å². The molecular weight excluding hydrogens is 283 g/mol. The molecule has 9 heteroatoms. The fraction of sp³-hybridized carbons (Fsp3) is 0.818. The van der Waals surface area contributed by atoms with E-state index in [1.165, 1.54) is 0 Å². The highest BCUT2D eigenvalue weighted by molar-refractivity contribution is 5.78. The number of carboxylic acids is 1. The van der Waals surface area contributed by atoms with Gasteiger partial charge in [0.1, 0.15) is 19.8 Å². The summed E-state index contributed by atoms with van der Waals surface area (Å²) in [6.07, 6.45) is -4.26. The first kappa shape index (κ1) is 18.7. The molecule has 0 aromatic rings. The van der Waals surface area contributed by atoms with Crippen LogP contribution in [0.15, 0.2) is 0 Å². The number of aliphatic carboxylic acids is 1. The molecule has 0 aliphatic carbocycles. The Morgan fingerprint density at radius 1 is 1.20 bits per heavy atom. The fourth-order valence-corrected chi connectivity index (χ4v) is 1.33. The van der Waals surface area contributed by atoms with Crippen LogP contribution in [0.4, 0.5) is 13.2 Å². The molecule has 0 radical (unpaired) electrons. The SMILES string of the molecule is CCOCCCN(CC(F)(F)F)C(=O)COCC(=O)O. The second kappa shape index (κ2) is 9.54. The molecule has 0 fully saturated rings. The van der Waals surface area contributed by atoms with Gasteiger partial charge in [0.25, 0.3) is 0 Å². The summed E-state index contributed by atoms with van der Waals surface area (Å²) in [6, 6.07) is 0. The molecule has 0 aromatic carbocycles. The Hall–Kier alpha value is -1.35. The molecule has 0 spiro atoms.